The number of carbonyl (C=O) groups excluding carboxylic acids is 1. The molecule has 0 saturated heterocycles. The summed E-state index contributed by atoms with van der Waals surface area (Å²) in [5.41, 5.74) is 0.0111. The van der Waals surface area contributed by atoms with E-state index in [0.717, 1.165) is 0 Å². The highest BCUT2D eigenvalue weighted by molar-refractivity contribution is 7.48. The van der Waals surface area contributed by atoms with E-state index in [2.05, 4.69) is 22.2 Å². The molecule has 12 heavy (non-hydrogen) atoms. The molecule has 0 amide bonds. The van der Waals surface area contributed by atoms with E-state index in [0.29, 0.717) is 6.26 Å². The van der Waals surface area contributed by atoms with E-state index in [9.17, 15) is 9.36 Å². The highest BCUT2D eigenvalue weighted by Crippen LogP contribution is 2.43. The lowest BCUT2D eigenvalue weighted by Gasteiger charge is -2.08. The lowest BCUT2D eigenvalue weighted by molar-refractivity contribution is -0.131. The van der Waals surface area contributed by atoms with Crippen LogP contribution in [0.25, 0.3) is 0 Å². The molecule has 5 nitrogen and oxygen atoms in total. The Balaban J connectivity index is 4.25. The van der Waals surface area contributed by atoms with E-state index in [-0.39, 0.29) is 5.57 Å². The molecule has 0 aliphatic carbocycles. The molecule has 1 atom stereocenters. The molecule has 1 unspecified atom stereocenters. The minimum absolute atomic E-state index is 0.0111. The molecule has 0 spiro atoms. The van der Waals surface area contributed by atoms with Gasteiger partial charge >= 0.3 is 13.8 Å². The van der Waals surface area contributed by atoms with E-state index >= 15 is 0 Å². The number of hydrogen-bond acceptors (Lipinski definition) is 4. The number of phosphoric acid groups is 1. The third kappa shape index (κ3) is 3.95. The Morgan fingerprint density at radius 1 is 1.67 bits per heavy atom. The zero-order valence-corrected chi connectivity index (χ0v) is 7.41. The first-order valence-electron chi connectivity index (χ1n) is 2.90. The Morgan fingerprint density at radius 2 is 2.17 bits per heavy atom. The summed E-state index contributed by atoms with van der Waals surface area (Å²) < 4.78 is 18.8. The highest BCUT2D eigenvalue weighted by Gasteiger charge is 2.25. The molecule has 0 fully saturated rings. The molecule has 0 aromatic carbocycles. The van der Waals surface area contributed by atoms with Crippen LogP contribution >= 0.6 is 7.82 Å². The lowest BCUT2D eigenvalue weighted by Crippen LogP contribution is -2.03. The second-order valence-electron chi connectivity index (χ2n) is 1.90. The van der Waals surface area contributed by atoms with Gasteiger partial charge in [0.05, 0.1) is 6.26 Å². The van der Waals surface area contributed by atoms with Gasteiger partial charge < -0.3 is 9.05 Å². The van der Waals surface area contributed by atoms with Gasteiger partial charge in [-0.3, -0.25) is 4.89 Å². The molecule has 6 heteroatoms. The van der Waals surface area contributed by atoms with Crippen molar-refractivity contribution in [2.45, 2.75) is 6.92 Å². The monoisotopic (exact) mass is 192 g/mol. The van der Waals surface area contributed by atoms with Crippen LogP contribution in [-0.4, -0.2) is 10.9 Å². The molecular formula is C6H9O5P. The molecule has 0 rings (SSSR count). The molecule has 0 aliphatic heterocycles. The standard InChI is InChI=1S/C6H9O5P/c1-4-10-12(8,9)11-6(7)5(2)3/h4H,1-2H2,3H3,(H,8,9). The van der Waals surface area contributed by atoms with Gasteiger partial charge in [-0.25, -0.2) is 9.36 Å². The maximum absolute atomic E-state index is 10.7. The third-order valence-electron chi connectivity index (χ3n) is 0.754. The summed E-state index contributed by atoms with van der Waals surface area (Å²) >= 11 is 0. The number of hydrogen-bond donors (Lipinski definition) is 1. The van der Waals surface area contributed by atoms with Crippen LogP contribution in [0.4, 0.5) is 0 Å². The first-order chi connectivity index (χ1) is 5.39. The van der Waals surface area contributed by atoms with Crippen LogP contribution in [0.3, 0.4) is 0 Å². The maximum atomic E-state index is 10.7. The normalized spacial score (nSPS) is 14.2. The third-order valence-corrected chi connectivity index (χ3v) is 1.57. The summed E-state index contributed by atoms with van der Waals surface area (Å²) in [6.45, 7) is 7.58. The lowest BCUT2D eigenvalue weighted by atomic mass is 10.4. The molecule has 0 aromatic rings. The van der Waals surface area contributed by atoms with Crippen molar-refractivity contribution >= 4 is 13.8 Å². The molecule has 0 radical (unpaired) electrons. The Labute approximate surface area is 69.9 Å². The molecule has 0 heterocycles. The first kappa shape index (κ1) is 10.9. The fourth-order valence-corrected chi connectivity index (χ4v) is 0.895. The molecule has 1 N–H and O–H groups in total. The predicted octanol–water partition coefficient (Wildman–Crippen LogP) is 1.37. The second-order valence-corrected chi connectivity index (χ2v) is 3.23. The van der Waals surface area contributed by atoms with Crippen molar-refractivity contribution < 1.29 is 23.3 Å². The van der Waals surface area contributed by atoms with Crippen LogP contribution in [0.2, 0.25) is 0 Å². The quantitative estimate of drug-likeness (QED) is 0.413. The van der Waals surface area contributed by atoms with Crippen LogP contribution < -0.4 is 0 Å². The van der Waals surface area contributed by atoms with Gasteiger partial charge in [0.25, 0.3) is 0 Å². The summed E-state index contributed by atoms with van der Waals surface area (Å²) in [6, 6.07) is 0. The molecule has 68 valence electrons. The zero-order chi connectivity index (χ0) is 9.78. The average molecular weight is 192 g/mol. The Morgan fingerprint density at radius 3 is 2.50 bits per heavy atom. The smallest absolute Gasteiger partial charge is 0.404 e. The van der Waals surface area contributed by atoms with E-state index in [1.165, 1.54) is 6.92 Å². The van der Waals surface area contributed by atoms with Crippen LogP contribution in [0.5, 0.6) is 0 Å². The van der Waals surface area contributed by atoms with Gasteiger partial charge in [-0.1, -0.05) is 13.2 Å². The van der Waals surface area contributed by atoms with Crippen molar-refractivity contribution in [1.82, 2.24) is 0 Å². The van der Waals surface area contributed by atoms with Gasteiger partial charge in [-0.05, 0) is 6.92 Å². The summed E-state index contributed by atoms with van der Waals surface area (Å²) in [5.74, 6) is -0.984. The summed E-state index contributed by atoms with van der Waals surface area (Å²) in [4.78, 5) is 19.4. The molecule has 0 aliphatic rings. The molecule has 0 bridgehead atoms. The molecule has 0 saturated carbocycles. The van der Waals surface area contributed by atoms with Crippen molar-refractivity contribution in [2.24, 2.45) is 0 Å². The molecular weight excluding hydrogens is 183 g/mol. The Bertz CT molecular complexity index is 257. The Hall–Kier alpha value is -1.06. The highest BCUT2D eigenvalue weighted by atomic mass is 31.2. The minimum atomic E-state index is -4.33. The Kier molecular flexibility index (Phi) is 3.73. The van der Waals surface area contributed by atoms with Crippen molar-refractivity contribution in [3.8, 4) is 0 Å². The minimum Gasteiger partial charge on any atom is -0.404 e. The van der Waals surface area contributed by atoms with Crippen molar-refractivity contribution in [2.75, 3.05) is 0 Å². The van der Waals surface area contributed by atoms with Crippen molar-refractivity contribution in [3.63, 3.8) is 0 Å². The first-order valence-corrected chi connectivity index (χ1v) is 4.40. The van der Waals surface area contributed by atoms with Gasteiger partial charge in [0.2, 0.25) is 0 Å². The number of phosphoric ester groups is 1. The SMILES string of the molecule is C=COP(=O)(O)OC(=O)C(=C)C. The zero-order valence-electron chi connectivity index (χ0n) is 6.52. The summed E-state index contributed by atoms with van der Waals surface area (Å²) in [5, 5.41) is 0. The average Bonchev–Trinajstić information content (AvgIpc) is 1.85. The maximum Gasteiger partial charge on any atom is 0.586 e. The van der Waals surface area contributed by atoms with Gasteiger partial charge in [0, 0.05) is 5.57 Å². The topological polar surface area (TPSA) is 72.8 Å². The number of rotatable bonds is 4. The largest absolute Gasteiger partial charge is 0.586 e. The van der Waals surface area contributed by atoms with Crippen LogP contribution in [0.1, 0.15) is 6.92 Å². The van der Waals surface area contributed by atoms with Gasteiger partial charge in [0.1, 0.15) is 0 Å². The van der Waals surface area contributed by atoms with E-state index < -0.39 is 13.8 Å². The van der Waals surface area contributed by atoms with Gasteiger partial charge in [0.15, 0.2) is 0 Å². The summed E-state index contributed by atoms with van der Waals surface area (Å²) in [7, 11) is -4.33. The number of carbonyl (C=O) groups is 1. The van der Waals surface area contributed by atoms with Crippen LogP contribution in [0, 0.1) is 0 Å². The van der Waals surface area contributed by atoms with E-state index in [1.807, 2.05) is 0 Å². The van der Waals surface area contributed by atoms with Crippen LogP contribution in [0.15, 0.2) is 25.0 Å². The fraction of sp³-hybridized carbons (Fsp3) is 0.167. The van der Waals surface area contributed by atoms with Crippen LogP contribution in [-0.2, 0) is 18.4 Å². The van der Waals surface area contributed by atoms with Crippen molar-refractivity contribution in [3.05, 3.63) is 25.0 Å². The summed E-state index contributed by atoms with van der Waals surface area (Å²) in [6.07, 6.45) is 0.715. The van der Waals surface area contributed by atoms with Gasteiger partial charge in [-0.2, -0.15) is 0 Å². The van der Waals surface area contributed by atoms with Crippen molar-refractivity contribution in [1.29, 1.82) is 0 Å². The van der Waals surface area contributed by atoms with E-state index in [4.69, 9.17) is 4.89 Å². The van der Waals surface area contributed by atoms with E-state index in [1.54, 1.807) is 0 Å². The fourth-order valence-electron chi connectivity index (χ4n) is 0.298. The van der Waals surface area contributed by atoms with Gasteiger partial charge in [-0.15, -0.1) is 0 Å². The predicted molar refractivity (Wildman–Crippen MR) is 42.0 cm³/mol. The second kappa shape index (κ2) is 4.09. The molecule has 0 aromatic heterocycles.